The minimum absolute atomic E-state index is 0.00798. The SMILES string of the molecule is CC(C)C(=O)Nc1cccc(-c2ccc3c(c2)CC(NS(=O)(=O)C(C)C)C3)c1.CCS(=O)(=O)Nc1cccc(-c2ccc3c(c2)CC(NS(=O)(=O)C(C)C)C3)c1. The normalized spacial score (nSPS) is 16.7. The standard InChI is InChI=1S/C22H28N2O3S.C20H26N2O4S2/c1-14(2)22(25)23-20-7-5-6-16(11-20)17-8-9-18-12-21(13-19(18)10-17)24-28(26,27)15(3)4;1-4-27(23,24)21-19-7-5-6-15(11-19)16-8-9-17-12-20(13-18(17)10-16)22-28(25,26)14(2)3/h5-11,14-15,21,24H,12-13H2,1-4H3,(H,23,25);5-11,14,20-22H,4,12-13H2,1-3H3. The highest BCUT2D eigenvalue weighted by Gasteiger charge is 2.29. The van der Waals surface area contributed by atoms with Crippen LogP contribution in [0.5, 0.6) is 0 Å². The van der Waals surface area contributed by atoms with Gasteiger partial charge in [0.25, 0.3) is 0 Å². The van der Waals surface area contributed by atoms with Crippen LogP contribution in [0.15, 0.2) is 84.9 Å². The van der Waals surface area contributed by atoms with Crippen LogP contribution in [0.25, 0.3) is 22.3 Å². The molecule has 4 N–H and O–H groups in total. The van der Waals surface area contributed by atoms with Crippen molar-refractivity contribution in [3.8, 4) is 22.3 Å². The van der Waals surface area contributed by atoms with Crippen molar-refractivity contribution in [1.29, 1.82) is 0 Å². The maximum Gasteiger partial charge on any atom is 0.232 e. The lowest BCUT2D eigenvalue weighted by Crippen LogP contribution is -2.39. The molecule has 56 heavy (non-hydrogen) atoms. The predicted octanol–water partition coefficient (Wildman–Crippen LogP) is 6.65. The third-order valence-corrected chi connectivity index (χ3v) is 15.1. The van der Waals surface area contributed by atoms with E-state index in [2.05, 4.69) is 43.7 Å². The first-order valence-corrected chi connectivity index (χ1v) is 23.8. The molecule has 0 bridgehead atoms. The third-order valence-electron chi connectivity index (χ3n) is 10.0. The lowest BCUT2D eigenvalue weighted by molar-refractivity contribution is -0.118. The Labute approximate surface area is 333 Å². The van der Waals surface area contributed by atoms with E-state index in [4.69, 9.17) is 0 Å². The molecule has 0 aliphatic heterocycles. The molecule has 14 heteroatoms. The third kappa shape index (κ3) is 11.1. The van der Waals surface area contributed by atoms with Crippen LogP contribution in [-0.4, -0.2) is 59.5 Å². The van der Waals surface area contributed by atoms with Gasteiger partial charge in [0.1, 0.15) is 0 Å². The van der Waals surface area contributed by atoms with Gasteiger partial charge in [-0.1, -0.05) is 74.5 Å². The summed E-state index contributed by atoms with van der Waals surface area (Å²) in [6, 6.07) is 27.2. The van der Waals surface area contributed by atoms with Crippen LogP contribution in [0.3, 0.4) is 0 Å². The Morgan fingerprint density at radius 1 is 0.571 bits per heavy atom. The summed E-state index contributed by atoms with van der Waals surface area (Å²) in [5.41, 5.74) is 9.89. The maximum atomic E-state index is 12.2. The molecule has 2 atom stereocenters. The van der Waals surface area contributed by atoms with Crippen LogP contribution < -0.4 is 19.5 Å². The first kappa shape index (κ1) is 43.1. The Kier molecular flexibility index (Phi) is 13.5. The molecule has 4 aromatic carbocycles. The van der Waals surface area contributed by atoms with E-state index in [1.165, 1.54) is 11.1 Å². The molecule has 0 heterocycles. The van der Waals surface area contributed by atoms with E-state index in [-0.39, 0.29) is 29.7 Å². The summed E-state index contributed by atoms with van der Waals surface area (Å²) in [5.74, 6) is -0.0643. The summed E-state index contributed by atoms with van der Waals surface area (Å²) >= 11 is 0. The van der Waals surface area contributed by atoms with Gasteiger partial charge in [-0.3, -0.25) is 9.52 Å². The summed E-state index contributed by atoms with van der Waals surface area (Å²) in [6.07, 6.45) is 2.74. The highest BCUT2D eigenvalue weighted by molar-refractivity contribution is 7.92. The van der Waals surface area contributed by atoms with Crippen molar-refractivity contribution in [2.75, 3.05) is 15.8 Å². The molecule has 2 aliphatic rings. The van der Waals surface area contributed by atoms with Gasteiger partial charge in [-0.05, 0) is 129 Å². The lowest BCUT2D eigenvalue weighted by Gasteiger charge is -2.14. The number of carbonyl (C=O) groups excluding carboxylic acids is 1. The van der Waals surface area contributed by atoms with E-state index in [9.17, 15) is 30.0 Å². The number of carbonyl (C=O) groups is 1. The second-order valence-corrected chi connectivity index (χ2v) is 22.0. The van der Waals surface area contributed by atoms with Gasteiger partial charge < -0.3 is 5.32 Å². The van der Waals surface area contributed by atoms with E-state index >= 15 is 0 Å². The summed E-state index contributed by atoms with van der Waals surface area (Å²) < 4.78 is 80.4. The monoisotopic (exact) mass is 822 g/mol. The number of hydrogen-bond donors (Lipinski definition) is 4. The van der Waals surface area contributed by atoms with Crippen molar-refractivity contribution in [1.82, 2.24) is 9.44 Å². The van der Waals surface area contributed by atoms with Crippen LogP contribution in [0, 0.1) is 5.92 Å². The van der Waals surface area contributed by atoms with Crippen LogP contribution in [0.2, 0.25) is 0 Å². The van der Waals surface area contributed by atoms with Crippen LogP contribution in [0.4, 0.5) is 11.4 Å². The molecule has 6 rings (SSSR count). The molecule has 0 saturated carbocycles. The van der Waals surface area contributed by atoms with Gasteiger partial charge in [0.15, 0.2) is 0 Å². The Balaban J connectivity index is 0.000000214. The van der Waals surface area contributed by atoms with E-state index in [0.717, 1.165) is 39.1 Å². The van der Waals surface area contributed by atoms with Crippen molar-refractivity contribution in [2.45, 2.75) is 96.7 Å². The fourth-order valence-corrected chi connectivity index (χ4v) is 9.01. The van der Waals surface area contributed by atoms with Crippen molar-refractivity contribution >= 4 is 47.4 Å². The fraction of sp³-hybridized carbons (Fsp3) is 0.405. The van der Waals surface area contributed by atoms with Crippen molar-refractivity contribution in [2.24, 2.45) is 5.92 Å². The molecule has 0 fully saturated rings. The quantitative estimate of drug-likeness (QED) is 0.117. The van der Waals surface area contributed by atoms with Gasteiger partial charge in [0.2, 0.25) is 36.0 Å². The molecule has 302 valence electrons. The van der Waals surface area contributed by atoms with E-state index in [1.54, 1.807) is 40.7 Å². The molecule has 2 unspecified atom stereocenters. The molecule has 4 aromatic rings. The smallest absolute Gasteiger partial charge is 0.232 e. The molecular weight excluding hydrogens is 769 g/mol. The highest BCUT2D eigenvalue weighted by atomic mass is 32.2. The van der Waals surface area contributed by atoms with Gasteiger partial charge in [-0.25, -0.2) is 34.7 Å². The van der Waals surface area contributed by atoms with Gasteiger partial charge in [0, 0.05) is 29.4 Å². The van der Waals surface area contributed by atoms with Gasteiger partial charge in [0.05, 0.1) is 16.3 Å². The number of benzene rings is 4. The molecule has 0 spiro atoms. The first-order valence-electron chi connectivity index (χ1n) is 19.0. The van der Waals surface area contributed by atoms with E-state index < -0.39 is 40.6 Å². The Morgan fingerprint density at radius 3 is 1.41 bits per heavy atom. The molecule has 0 aromatic heterocycles. The maximum absolute atomic E-state index is 12.2. The molecule has 0 radical (unpaired) electrons. The average molecular weight is 823 g/mol. The van der Waals surface area contributed by atoms with Gasteiger partial charge in [-0.2, -0.15) is 0 Å². The van der Waals surface area contributed by atoms with Crippen LogP contribution in [0.1, 0.15) is 70.7 Å². The van der Waals surface area contributed by atoms with Gasteiger partial charge >= 0.3 is 0 Å². The number of hydrogen-bond acceptors (Lipinski definition) is 7. The summed E-state index contributed by atoms with van der Waals surface area (Å²) in [6.45, 7) is 12.0. The first-order chi connectivity index (χ1) is 26.2. The van der Waals surface area contributed by atoms with Crippen molar-refractivity contribution in [3.05, 3.63) is 107 Å². The molecule has 11 nitrogen and oxygen atoms in total. The zero-order valence-corrected chi connectivity index (χ0v) is 35.5. The van der Waals surface area contributed by atoms with Gasteiger partial charge in [-0.15, -0.1) is 0 Å². The second kappa shape index (κ2) is 17.6. The topological polar surface area (TPSA) is 168 Å². The Morgan fingerprint density at radius 2 is 0.982 bits per heavy atom. The lowest BCUT2D eigenvalue weighted by atomic mass is 10.00. The second-order valence-electron chi connectivity index (χ2n) is 15.4. The summed E-state index contributed by atoms with van der Waals surface area (Å²) in [5, 5.41) is 2.04. The van der Waals surface area contributed by atoms with Crippen molar-refractivity contribution < 1.29 is 30.0 Å². The minimum Gasteiger partial charge on any atom is -0.326 e. The molecular formula is C42H54N4O7S3. The number of fused-ring (bicyclic) bond motifs is 2. The zero-order valence-electron chi connectivity index (χ0n) is 33.1. The number of anilines is 2. The van der Waals surface area contributed by atoms with Crippen LogP contribution >= 0.6 is 0 Å². The fourth-order valence-electron chi connectivity index (χ4n) is 6.58. The number of sulfonamides is 3. The molecule has 2 aliphatic carbocycles. The van der Waals surface area contributed by atoms with E-state index in [1.807, 2.05) is 68.4 Å². The van der Waals surface area contributed by atoms with E-state index in [0.29, 0.717) is 31.4 Å². The van der Waals surface area contributed by atoms with Crippen molar-refractivity contribution in [3.63, 3.8) is 0 Å². The minimum atomic E-state index is -3.33. The summed E-state index contributed by atoms with van der Waals surface area (Å²) in [7, 11) is -9.91. The number of nitrogens with one attached hydrogen (secondary N) is 4. The van der Waals surface area contributed by atoms with Crippen LogP contribution in [-0.2, 0) is 60.5 Å². The molecule has 1 amide bonds. The Bertz CT molecular complexity index is 2390. The number of amides is 1. The highest BCUT2D eigenvalue weighted by Crippen LogP contribution is 2.32. The zero-order chi connectivity index (χ0) is 41.0. The average Bonchev–Trinajstić information content (AvgIpc) is 3.73. The molecule has 0 saturated heterocycles. The Hall–Kier alpha value is -4.08. The number of rotatable bonds is 13. The summed E-state index contributed by atoms with van der Waals surface area (Å²) in [4.78, 5) is 11.9. The largest absolute Gasteiger partial charge is 0.326 e. The predicted molar refractivity (Wildman–Crippen MR) is 227 cm³/mol.